The molecule has 1 fully saturated rings. The number of benzene rings is 1. The lowest BCUT2D eigenvalue weighted by Gasteiger charge is -2.33. The van der Waals surface area contributed by atoms with Gasteiger partial charge in [0.05, 0.1) is 17.6 Å². The summed E-state index contributed by atoms with van der Waals surface area (Å²) in [5, 5.41) is 2.32. The number of hydrogen-bond acceptors (Lipinski definition) is 5. The molecule has 3 rings (SSSR count). The van der Waals surface area contributed by atoms with E-state index in [0.29, 0.717) is 6.07 Å². The van der Waals surface area contributed by atoms with Crippen molar-refractivity contribution in [1.29, 1.82) is 0 Å². The summed E-state index contributed by atoms with van der Waals surface area (Å²) >= 11 is 0. The lowest BCUT2D eigenvalue weighted by Crippen LogP contribution is -2.51. The fraction of sp³-hybridized carbons (Fsp3) is 0.333. The molecule has 156 valence electrons. The Bertz CT molecular complexity index is 987. The van der Waals surface area contributed by atoms with E-state index in [0.717, 1.165) is 12.1 Å². The minimum absolute atomic E-state index is 0.120. The minimum Gasteiger partial charge on any atom is -0.459 e. The number of sulfonamides is 1. The molecule has 1 N–H and O–H groups in total. The highest BCUT2D eigenvalue weighted by molar-refractivity contribution is 7.89. The van der Waals surface area contributed by atoms with E-state index in [9.17, 15) is 26.8 Å². The molecule has 2 aromatic rings. The van der Waals surface area contributed by atoms with Crippen LogP contribution in [0.25, 0.3) is 0 Å². The van der Waals surface area contributed by atoms with Crippen LogP contribution in [0.2, 0.25) is 0 Å². The molecule has 0 bridgehead atoms. The molecule has 0 atom stereocenters. The van der Waals surface area contributed by atoms with Gasteiger partial charge >= 0.3 is 0 Å². The van der Waals surface area contributed by atoms with Crippen LogP contribution >= 0.6 is 0 Å². The summed E-state index contributed by atoms with van der Waals surface area (Å²) in [6, 6.07) is 5.65. The second-order valence-electron chi connectivity index (χ2n) is 6.36. The molecule has 1 aliphatic rings. The Labute approximate surface area is 166 Å². The van der Waals surface area contributed by atoms with Crippen molar-refractivity contribution in [2.75, 3.05) is 38.5 Å². The van der Waals surface area contributed by atoms with Crippen molar-refractivity contribution in [3.63, 3.8) is 0 Å². The van der Waals surface area contributed by atoms with Crippen LogP contribution in [0, 0.1) is 11.6 Å². The van der Waals surface area contributed by atoms with Crippen molar-refractivity contribution < 1.29 is 31.2 Å². The first-order chi connectivity index (χ1) is 13.8. The van der Waals surface area contributed by atoms with Crippen molar-refractivity contribution in [2.24, 2.45) is 0 Å². The van der Waals surface area contributed by atoms with Crippen LogP contribution in [0.5, 0.6) is 0 Å². The van der Waals surface area contributed by atoms with Gasteiger partial charge in [-0.15, -0.1) is 0 Å². The Balaban J connectivity index is 1.49. The van der Waals surface area contributed by atoms with E-state index in [1.807, 2.05) is 0 Å². The molecule has 0 unspecified atom stereocenters. The molecule has 1 saturated heterocycles. The molecule has 0 radical (unpaired) electrons. The Morgan fingerprint density at radius 3 is 2.45 bits per heavy atom. The van der Waals surface area contributed by atoms with Crippen LogP contribution in [0.3, 0.4) is 0 Å². The van der Waals surface area contributed by atoms with Crippen molar-refractivity contribution in [1.82, 2.24) is 14.5 Å². The minimum atomic E-state index is -3.68. The zero-order valence-corrected chi connectivity index (χ0v) is 16.1. The molecular weight excluding hydrogens is 408 g/mol. The van der Waals surface area contributed by atoms with E-state index in [1.165, 1.54) is 21.5 Å². The number of halogens is 2. The number of piperazine rings is 1. The third-order valence-electron chi connectivity index (χ3n) is 4.47. The summed E-state index contributed by atoms with van der Waals surface area (Å²) in [6.45, 7) is 0.436. The largest absolute Gasteiger partial charge is 0.459 e. The van der Waals surface area contributed by atoms with Crippen LogP contribution in [-0.2, 0) is 10.0 Å². The number of nitrogens with zero attached hydrogens (tertiary/aromatic N) is 2. The highest BCUT2D eigenvalue weighted by atomic mass is 32.2. The number of furan rings is 1. The molecule has 0 saturated carbocycles. The number of rotatable bonds is 6. The predicted molar refractivity (Wildman–Crippen MR) is 98.7 cm³/mol. The van der Waals surface area contributed by atoms with Crippen LogP contribution < -0.4 is 5.32 Å². The van der Waals surface area contributed by atoms with Crippen molar-refractivity contribution >= 4 is 21.8 Å². The highest BCUT2D eigenvalue weighted by Gasteiger charge is 2.29. The normalized spacial score (nSPS) is 15.3. The Hall–Kier alpha value is -2.79. The standard InChI is InChI=1S/C18H19F2N3O5S/c19-13-3-4-14(15(20)12-13)17(24)21-5-11-29(26,27)23-8-6-22(7-9-23)18(25)16-2-1-10-28-16/h1-4,10,12H,5-9,11H2,(H,21,24). The average Bonchev–Trinajstić information content (AvgIpc) is 3.22. The average molecular weight is 427 g/mol. The second kappa shape index (κ2) is 8.70. The number of carbonyl (C=O) groups is 2. The van der Waals surface area contributed by atoms with Gasteiger partial charge in [-0.3, -0.25) is 9.59 Å². The van der Waals surface area contributed by atoms with Gasteiger partial charge in [-0.2, -0.15) is 4.31 Å². The first kappa shape index (κ1) is 20.9. The number of hydrogen-bond donors (Lipinski definition) is 1. The van der Waals surface area contributed by atoms with Crippen molar-refractivity contribution in [3.05, 3.63) is 59.6 Å². The summed E-state index contributed by atoms with van der Waals surface area (Å²) in [5.41, 5.74) is -0.367. The van der Waals surface area contributed by atoms with Gasteiger partial charge < -0.3 is 14.6 Å². The molecule has 8 nitrogen and oxygen atoms in total. The van der Waals surface area contributed by atoms with Gasteiger partial charge in [0.15, 0.2) is 5.76 Å². The third-order valence-corrected chi connectivity index (χ3v) is 6.34. The second-order valence-corrected chi connectivity index (χ2v) is 8.45. The maximum atomic E-state index is 13.6. The molecule has 29 heavy (non-hydrogen) atoms. The van der Waals surface area contributed by atoms with E-state index in [2.05, 4.69) is 5.32 Å². The zero-order valence-electron chi connectivity index (χ0n) is 15.3. The summed E-state index contributed by atoms with van der Waals surface area (Å²) in [6.07, 6.45) is 1.39. The molecule has 2 amide bonds. The van der Waals surface area contributed by atoms with Gasteiger partial charge in [0.2, 0.25) is 10.0 Å². The monoisotopic (exact) mass is 427 g/mol. The van der Waals surface area contributed by atoms with Crippen LogP contribution in [-0.4, -0.2) is 67.9 Å². The maximum Gasteiger partial charge on any atom is 0.289 e. The maximum absolute atomic E-state index is 13.6. The topological polar surface area (TPSA) is 99.9 Å². The molecule has 11 heteroatoms. The first-order valence-corrected chi connectivity index (χ1v) is 10.4. The first-order valence-electron chi connectivity index (χ1n) is 8.82. The van der Waals surface area contributed by atoms with Gasteiger partial charge in [-0.1, -0.05) is 0 Å². The SMILES string of the molecule is O=C(NCCS(=O)(=O)N1CCN(C(=O)c2ccco2)CC1)c1ccc(F)cc1F. The van der Waals surface area contributed by atoms with Crippen LogP contribution in [0.4, 0.5) is 8.78 Å². The molecule has 2 heterocycles. The molecule has 1 aliphatic heterocycles. The Kier molecular flexibility index (Phi) is 6.28. The van der Waals surface area contributed by atoms with E-state index in [1.54, 1.807) is 6.07 Å². The lowest BCUT2D eigenvalue weighted by atomic mass is 10.2. The summed E-state index contributed by atoms with van der Waals surface area (Å²) < 4.78 is 57.7. The molecular formula is C18H19F2N3O5S. The van der Waals surface area contributed by atoms with Crippen molar-refractivity contribution in [2.45, 2.75) is 0 Å². The smallest absolute Gasteiger partial charge is 0.289 e. The quantitative estimate of drug-likeness (QED) is 0.744. The van der Waals surface area contributed by atoms with Crippen LogP contribution in [0.1, 0.15) is 20.9 Å². The number of amides is 2. The number of nitrogens with one attached hydrogen (secondary N) is 1. The van der Waals surface area contributed by atoms with Crippen molar-refractivity contribution in [3.8, 4) is 0 Å². The number of carbonyl (C=O) groups excluding carboxylic acids is 2. The van der Waals surface area contributed by atoms with Gasteiger partial charge in [-0.05, 0) is 24.3 Å². The Morgan fingerprint density at radius 1 is 1.10 bits per heavy atom. The third kappa shape index (κ3) is 4.98. The van der Waals surface area contributed by atoms with E-state index < -0.39 is 27.6 Å². The fourth-order valence-electron chi connectivity index (χ4n) is 2.92. The summed E-state index contributed by atoms with van der Waals surface area (Å²) in [7, 11) is -3.68. The van der Waals surface area contributed by atoms with Gasteiger partial charge in [0.1, 0.15) is 11.6 Å². The van der Waals surface area contributed by atoms with Crippen LogP contribution in [0.15, 0.2) is 41.0 Å². The highest BCUT2D eigenvalue weighted by Crippen LogP contribution is 2.13. The fourth-order valence-corrected chi connectivity index (χ4v) is 4.25. The van der Waals surface area contributed by atoms with Gasteiger partial charge in [-0.25, -0.2) is 17.2 Å². The summed E-state index contributed by atoms with van der Waals surface area (Å²) in [5.74, 6) is -3.16. The van der Waals surface area contributed by atoms with E-state index in [-0.39, 0.29) is 55.7 Å². The summed E-state index contributed by atoms with van der Waals surface area (Å²) in [4.78, 5) is 25.6. The molecule has 1 aromatic heterocycles. The lowest BCUT2D eigenvalue weighted by molar-refractivity contribution is 0.0665. The van der Waals surface area contributed by atoms with Gasteiger partial charge in [0, 0.05) is 38.8 Å². The predicted octanol–water partition coefficient (Wildman–Crippen LogP) is 1.08. The zero-order chi connectivity index (χ0) is 21.0. The molecule has 0 spiro atoms. The van der Waals surface area contributed by atoms with E-state index >= 15 is 0 Å². The molecule has 0 aliphatic carbocycles. The Morgan fingerprint density at radius 2 is 1.83 bits per heavy atom. The molecule has 1 aromatic carbocycles. The van der Waals surface area contributed by atoms with Gasteiger partial charge in [0.25, 0.3) is 11.8 Å². The van der Waals surface area contributed by atoms with E-state index in [4.69, 9.17) is 4.42 Å².